The van der Waals surface area contributed by atoms with Crippen molar-refractivity contribution in [2.75, 3.05) is 26.4 Å². The number of aromatic nitrogens is 3. The Morgan fingerprint density at radius 3 is 2.32 bits per heavy atom. The Bertz CT molecular complexity index is 1430. The van der Waals surface area contributed by atoms with Crippen LogP contribution in [0.3, 0.4) is 0 Å². The summed E-state index contributed by atoms with van der Waals surface area (Å²) in [6.07, 6.45) is -1.00. The molecule has 196 valence electrons. The van der Waals surface area contributed by atoms with Gasteiger partial charge in [-0.15, -0.1) is 0 Å². The lowest BCUT2D eigenvalue weighted by molar-refractivity contribution is -0.0882. The molecule has 0 radical (unpaired) electrons. The normalized spacial score (nSPS) is 18.3. The summed E-state index contributed by atoms with van der Waals surface area (Å²) in [6, 6.07) is 17.9. The van der Waals surface area contributed by atoms with E-state index in [0.717, 1.165) is 22.3 Å². The van der Waals surface area contributed by atoms with Crippen molar-refractivity contribution < 1.29 is 19.3 Å². The van der Waals surface area contributed by atoms with Gasteiger partial charge in [0.25, 0.3) is 6.01 Å². The zero-order chi connectivity index (χ0) is 26.5. The Morgan fingerprint density at radius 1 is 1.03 bits per heavy atom. The van der Waals surface area contributed by atoms with Gasteiger partial charge in [0.05, 0.1) is 48.4 Å². The fourth-order valence-electron chi connectivity index (χ4n) is 3.99. The third-order valence-electron chi connectivity index (χ3n) is 5.88. The van der Waals surface area contributed by atoms with Crippen molar-refractivity contribution in [1.82, 2.24) is 20.4 Å². The number of hydrogen-bond acceptors (Lipinski definition) is 8. The van der Waals surface area contributed by atoms with Crippen LogP contribution in [0.15, 0.2) is 71.6 Å². The minimum Gasteiger partial charge on any atom is -0.457 e. The van der Waals surface area contributed by atoms with E-state index in [9.17, 15) is 5.11 Å². The summed E-state index contributed by atoms with van der Waals surface area (Å²) >= 11 is 6.58. The minimum absolute atomic E-state index is 0.195. The molecule has 4 aromatic rings. The lowest BCUT2D eigenvalue weighted by atomic mass is 10.0. The van der Waals surface area contributed by atoms with Gasteiger partial charge in [0.15, 0.2) is 5.65 Å². The molecule has 5 N–H and O–H groups in total. The number of nitrogens with zero attached hydrogens (tertiary/aromatic N) is 4. The van der Waals surface area contributed by atoms with E-state index in [1.165, 1.54) is 0 Å². The summed E-state index contributed by atoms with van der Waals surface area (Å²) in [6.45, 7) is 4.84. The number of rotatable bonds is 7. The smallest absolute Gasteiger partial charge is 0.296 e. The van der Waals surface area contributed by atoms with Gasteiger partial charge in [0.2, 0.25) is 0 Å². The van der Waals surface area contributed by atoms with E-state index in [1.807, 2.05) is 48.5 Å². The number of fused-ring (bicyclic) bond motifs is 1. The number of nitrogens with two attached hydrogens (primary N) is 1. The number of H-pyrrole nitrogens is 1. The van der Waals surface area contributed by atoms with Crippen LogP contribution in [0.1, 0.15) is 5.56 Å². The van der Waals surface area contributed by atoms with Gasteiger partial charge in [-0.3, -0.25) is 5.43 Å². The summed E-state index contributed by atoms with van der Waals surface area (Å²) in [7, 11) is 0. The molecule has 1 fully saturated rings. The van der Waals surface area contributed by atoms with E-state index in [1.54, 1.807) is 6.07 Å². The number of hydrogen-bond donors (Lipinski definition) is 4. The molecule has 0 unspecified atom stereocenters. The molecule has 0 saturated carbocycles. The number of aliphatic hydroxyl groups excluding tert-OH is 1. The van der Waals surface area contributed by atoms with Gasteiger partial charge >= 0.3 is 0 Å². The number of benzene rings is 2. The molecule has 2 aromatic heterocycles. The molecule has 1 saturated heterocycles. The number of aromatic amines is 1. The molecule has 12 heteroatoms. The average Bonchev–Trinajstić information content (AvgIpc) is 3.31. The van der Waals surface area contributed by atoms with Crippen LogP contribution in [0.4, 0.5) is 0 Å². The SMILES string of the molecule is C=C(N/N=N\N)c1ccc(-c2ccc(-c3nc4nc(OC5COCC(O)COC5)[nH]c4cc3Cl)cc2)cc1. The maximum Gasteiger partial charge on any atom is 0.296 e. The van der Waals surface area contributed by atoms with E-state index in [-0.39, 0.29) is 32.5 Å². The first-order valence-electron chi connectivity index (χ1n) is 11.8. The van der Waals surface area contributed by atoms with E-state index >= 15 is 0 Å². The standard InChI is InChI=1S/C26H26ClN7O4/c1-15(32-34-33-28)16-2-4-17(5-3-16)18-6-8-19(9-7-18)24-22(27)10-23-25(30-24)31-26(29-23)38-21-13-36-11-20(35)12-37-14-21/h2-10,20-21,35H,1,11-14H2,(H2,28,34)(H,32,33)(H,29,30,31). The molecule has 1 aliphatic heterocycles. The lowest BCUT2D eigenvalue weighted by Gasteiger charge is -2.22. The number of halogens is 1. The van der Waals surface area contributed by atoms with Gasteiger partial charge in [-0.2, -0.15) is 4.98 Å². The topological polar surface area (TPSA) is 152 Å². The predicted molar refractivity (Wildman–Crippen MR) is 143 cm³/mol. The summed E-state index contributed by atoms with van der Waals surface area (Å²) < 4.78 is 16.8. The third-order valence-corrected chi connectivity index (χ3v) is 6.17. The van der Waals surface area contributed by atoms with Gasteiger partial charge in [-0.1, -0.05) is 77.2 Å². The zero-order valence-corrected chi connectivity index (χ0v) is 21.1. The largest absolute Gasteiger partial charge is 0.457 e. The van der Waals surface area contributed by atoms with Crippen LogP contribution in [0.2, 0.25) is 5.02 Å². The van der Waals surface area contributed by atoms with Gasteiger partial charge in [-0.05, 0) is 22.8 Å². The number of nitrogens with one attached hydrogen (secondary N) is 2. The molecule has 38 heavy (non-hydrogen) atoms. The molecular weight excluding hydrogens is 510 g/mol. The van der Waals surface area contributed by atoms with Crippen LogP contribution in [0.5, 0.6) is 6.01 Å². The Morgan fingerprint density at radius 2 is 1.66 bits per heavy atom. The monoisotopic (exact) mass is 535 g/mol. The summed E-state index contributed by atoms with van der Waals surface area (Å²) in [5, 5.41) is 16.8. The number of ether oxygens (including phenoxy) is 3. The van der Waals surface area contributed by atoms with Crippen molar-refractivity contribution in [1.29, 1.82) is 0 Å². The highest BCUT2D eigenvalue weighted by Crippen LogP contribution is 2.31. The van der Waals surface area contributed by atoms with Crippen molar-refractivity contribution in [3.05, 3.63) is 71.8 Å². The first-order valence-corrected chi connectivity index (χ1v) is 12.2. The lowest BCUT2D eigenvalue weighted by Crippen LogP contribution is -2.36. The van der Waals surface area contributed by atoms with Crippen LogP contribution in [-0.2, 0) is 9.47 Å². The molecule has 3 heterocycles. The van der Waals surface area contributed by atoms with Crippen molar-refractivity contribution in [3.8, 4) is 28.4 Å². The van der Waals surface area contributed by atoms with Gasteiger partial charge in [0, 0.05) is 5.56 Å². The highest BCUT2D eigenvalue weighted by atomic mass is 35.5. The molecule has 0 atom stereocenters. The quantitative estimate of drug-likeness (QED) is 0.158. The summed E-state index contributed by atoms with van der Waals surface area (Å²) in [5.41, 5.74) is 8.79. The fourth-order valence-corrected chi connectivity index (χ4v) is 4.25. The second kappa shape index (κ2) is 11.6. The Hall–Kier alpha value is -4.03. The first-order chi connectivity index (χ1) is 18.5. The molecule has 1 aliphatic rings. The maximum atomic E-state index is 9.61. The second-order valence-corrected chi connectivity index (χ2v) is 9.07. The molecule has 0 aliphatic carbocycles. The van der Waals surface area contributed by atoms with Gasteiger partial charge < -0.3 is 30.1 Å². The fraction of sp³-hybridized carbons (Fsp3) is 0.231. The first kappa shape index (κ1) is 25.6. The molecule has 11 nitrogen and oxygen atoms in total. The average molecular weight is 536 g/mol. The van der Waals surface area contributed by atoms with Gasteiger partial charge in [0.1, 0.15) is 12.2 Å². The molecule has 0 bridgehead atoms. The Balaban J connectivity index is 1.31. The van der Waals surface area contributed by atoms with Crippen LogP contribution in [0, 0.1) is 0 Å². The molecule has 2 aromatic carbocycles. The van der Waals surface area contributed by atoms with E-state index in [0.29, 0.717) is 33.6 Å². The molecular formula is C26H26ClN7O4. The molecule has 0 spiro atoms. The second-order valence-electron chi connectivity index (χ2n) is 8.66. The minimum atomic E-state index is -0.635. The van der Waals surface area contributed by atoms with Gasteiger partial charge in [-0.25, -0.2) is 4.98 Å². The van der Waals surface area contributed by atoms with E-state index < -0.39 is 6.10 Å². The van der Waals surface area contributed by atoms with Crippen molar-refractivity contribution in [3.63, 3.8) is 0 Å². The molecule has 0 amide bonds. The van der Waals surface area contributed by atoms with Crippen LogP contribution in [0.25, 0.3) is 39.2 Å². The number of imidazole rings is 1. The summed E-state index contributed by atoms with van der Waals surface area (Å²) in [4.78, 5) is 12.2. The Kier molecular flexibility index (Phi) is 7.80. The van der Waals surface area contributed by atoms with Crippen LogP contribution < -0.4 is 16.0 Å². The number of aliphatic hydroxyl groups is 1. The predicted octanol–water partition coefficient (Wildman–Crippen LogP) is 3.90. The third kappa shape index (κ3) is 5.92. The highest BCUT2D eigenvalue weighted by Gasteiger charge is 2.20. The maximum absolute atomic E-state index is 9.61. The molecule has 5 rings (SSSR count). The van der Waals surface area contributed by atoms with Crippen molar-refractivity contribution in [2.24, 2.45) is 16.3 Å². The van der Waals surface area contributed by atoms with Crippen LogP contribution in [-0.4, -0.2) is 58.7 Å². The van der Waals surface area contributed by atoms with E-state index in [4.69, 9.17) is 31.7 Å². The van der Waals surface area contributed by atoms with Crippen molar-refractivity contribution in [2.45, 2.75) is 12.2 Å². The van der Waals surface area contributed by atoms with E-state index in [2.05, 4.69) is 37.4 Å². The van der Waals surface area contributed by atoms with Crippen molar-refractivity contribution >= 4 is 28.5 Å². The zero-order valence-electron chi connectivity index (χ0n) is 20.3. The summed E-state index contributed by atoms with van der Waals surface area (Å²) in [5.74, 6) is 5.01. The Labute approximate surface area is 223 Å². The number of pyridine rings is 1. The van der Waals surface area contributed by atoms with Crippen LogP contribution >= 0.6 is 11.6 Å². The highest BCUT2D eigenvalue weighted by molar-refractivity contribution is 6.33.